The molecule has 140 valence electrons. The highest BCUT2D eigenvalue weighted by Crippen LogP contribution is 2.29. The number of hydrogen-bond donors (Lipinski definition) is 0. The van der Waals surface area contributed by atoms with Crippen molar-refractivity contribution in [1.29, 1.82) is 0 Å². The highest BCUT2D eigenvalue weighted by molar-refractivity contribution is 6.30. The van der Waals surface area contributed by atoms with Crippen molar-refractivity contribution in [3.63, 3.8) is 0 Å². The molecule has 0 N–H and O–H groups in total. The van der Waals surface area contributed by atoms with Crippen LogP contribution in [0.25, 0.3) is 5.65 Å². The van der Waals surface area contributed by atoms with Crippen molar-refractivity contribution in [3.8, 4) is 0 Å². The van der Waals surface area contributed by atoms with Crippen LogP contribution in [-0.4, -0.2) is 15.4 Å². The molecule has 0 fully saturated rings. The summed E-state index contributed by atoms with van der Waals surface area (Å²) in [6.07, 6.45) is -3.40. The van der Waals surface area contributed by atoms with Crippen LogP contribution in [-0.2, 0) is 28.7 Å². The normalized spacial score (nSPS) is 11.6. The van der Waals surface area contributed by atoms with E-state index in [1.165, 1.54) is 34.9 Å². The summed E-state index contributed by atoms with van der Waals surface area (Å²) in [6.45, 7) is -0.272. The van der Waals surface area contributed by atoms with E-state index >= 15 is 0 Å². The van der Waals surface area contributed by atoms with Crippen LogP contribution in [0.5, 0.6) is 0 Å². The molecule has 3 rings (SSSR count). The Balaban J connectivity index is 1.68. The fraction of sp³-hybridized carbons (Fsp3) is 0.167. The largest absolute Gasteiger partial charge is 0.459 e. The Hall–Kier alpha value is -2.87. The summed E-state index contributed by atoms with van der Waals surface area (Å²) in [5.74, 6) is -0.729. The number of ether oxygens (including phenoxy) is 1. The third kappa shape index (κ3) is 4.65. The Kier molecular flexibility index (Phi) is 5.18. The van der Waals surface area contributed by atoms with Crippen LogP contribution in [0, 0.1) is 0 Å². The predicted molar refractivity (Wildman–Crippen MR) is 91.4 cm³/mol. The molecule has 9 heteroatoms. The number of fused-ring (bicyclic) bond motifs is 1. The average molecular weight is 397 g/mol. The van der Waals surface area contributed by atoms with Crippen LogP contribution < -0.4 is 5.56 Å². The highest BCUT2D eigenvalue weighted by Gasteiger charge is 2.30. The number of benzene rings is 1. The fourth-order valence-electron chi connectivity index (χ4n) is 2.43. The van der Waals surface area contributed by atoms with Crippen LogP contribution in [0.4, 0.5) is 13.2 Å². The SMILES string of the molecule is O=C(Cc1cccc(C(F)(F)F)c1)OCc1cc(=O)n2cc(Cl)ccc2n1. The van der Waals surface area contributed by atoms with Gasteiger partial charge < -0.3 is 4.74 Å². The van der Waals surface area contributed by atoms with E-state index in [0.29, 0.717) is 10.7 Å². The van der Waals surface area contributed by atoms with Gasteiger partial charge in [0, 0.05) is 12.3 Å². The zero-order chi connectivity index (χ0) is 19.6. The van der Waals surface area contributed by atoms with Crippen LogP contribution >= 0.6 is 11.6 Å². The van der Waals surface area contributed by atoms with Crippen molar-refractivity contribution in [1.82, 2.24) is 9.38 Å². The van der Waals surface area contributed by atoms with Gasteiger partial charge in [-0.3, -0.25) is 14.0 Å². The Labute approximate surface area is 156 Å². The molecule has 0 aliphatic heterocycles. The minimum atomic E-state index is -4.49. The van der Waals surface area contributed by atoms with Gasteiger partial charge in [0.05, 0.1) is 22.7 Å². The van der Waals surface area contributed by atoms with Gasteiger partial charge in [-0.1, -0.05) is 29.8 Å². The van der Waals surface area contributed by atoms with Crippen molar-refractivity contribution >= 4 is 23.2 Å². The van der Waals surface area contributed by atoms with Crippen LogP contribution in [0.1, 0.15) is 16.8 Å². The molecule has 0 aliphatic carbocycles. The second-order valence-electron chi connectivity index (χ2n) is 5.70. The molecule has 1 aromatic carbocycles. The summed E-state index contributed by atoms with van der Waals surface area (Å²) >= 11 is 5.82. The summed E-state index contributed by atoms with van der Waals surface area (Å²) in [7, 11) is 0. The molecule has 0 unspecified atom stereocenters. The first-order valence-electron chi connectivity index (χ1n) is 7.72. The molecule has 0 amide bonds. The van der Waals surface area contributed by atoms with Crippen LogP contribution in [0.15, 0.2) is 53.5 Å². The number of alkyl halides is 3. The zero-order valence-corrected chi connectivity index (χ0v) is 14.4. The number of hydrogen-bond acceptors (Lipinski definition) is 4. The number of carbonyl (C=O) groups is 1. The molecule has 0 atom stereocenters. The van der Waals surface area contributed by atoms with Gasteiger partial charge in [0.25, 0.3) is 5.56 Å². The molecule has 0 aliphatic rings. The number of pyridine rings is 1. The van der Waals surface area contributed by atoms with Crippen LogP contribution in [0.3, 0.4) is 0 Å². The van der Waals surface area contributed by atoms with E-state index in [9.17, 15) is 22.8 Å². The van der Waals surface area contributed by atoms with Gasteiger partial charge in [-0.25, -0.2) is 4.98 Å². The van der Waals surface area contributed by atoms with E-state index in [1.54, 1.807) is 6.07 Å². The number of rotatable bonds is 4. The van der Waals surface area contributed by atoms with Gasteiger partial charge in [0.2, 0.25) is 0 Å². The second-order valence-corrected chi connectivity index (χ2v) is 6.13. The average Bonchev–Trinajstić information content (AvgIpc) is 2.60. The fourth-order valence-corrected chi connectivity index (χ4v) is 2.59. The lowest BCUT2D eigenvalue weighted by Crippen LogP contribution is -2.17. The monoisotopic (exact) mass is 396 g/mol. The van der Waals surface area contributed by atoms with Gasteiger partial charge >= 0.3 is 12.1 Å². The first-order chi connectivity index (χ1) is 12.7. The van der Waals surface area contributed by atoms with E-state index in [0.717, 1.165) is 12.1 Å². The van der Waals surface area contributed by atoms with Crippen molar-refractivity contribution in [2.24, 2.45) is 0 Å². The number of esters is 1. The predicted octanol–water partition coefficient (Wildman–Crippen LogP) is 3.65. The number of nitrogens with zero attached hydrogens (tertiary/aromatic N) is 2. The summed E-state index contributed by atoms with van der Waals surface area (Å²) in [5, 5.41) is 0.367. The minimum absolute atomic E-state index is 0.177. The number of carbonyl (C=O) groups excluding carboxylic acids is 1. The summed E-state index contributed by atoms with van der Waals surface area (Å²) in [4.78, 5) is 28.1. The van der Waals surface area contributed by atoms with E-state index < -0.39 is 23.3 Å². The van der Waals surface area contributed by atoms with Crippen molar-refractivity contribution in [2.45, 2.75) is 19.2 Å². The van der Waals surface area contributed by atoms with Crippen molar-refractivity contribution in [3.05, 3.63) is 80.9 Å². The van der Waals surface area contributed by atoms with Gasteiger partial charge in [-0.2, -0.15) is 13.2 Å². The second kappa shape index (κ2) is 7.40. The standard InChI is InChI=1S/C18H12ClF3N2O3/c19-13-4-5-15-23-14(8-16(25)24(15)9-13)10-27-17(26)7-11-2-1-3-12(6-11)18(20,21)22/h1-6,8-9H,7,10H2. The number of aromatic nitrogens is 2. The van der Waals surface area contributed by atoms with E-state index in [4.69, 9.17) is 16.3 Å². The maximum atomic E-state index is 12.7. The van der Waals surface area contributed by atoms with E-state index in [2.05, 4.69) is 4.98 Å². The first kappa shape index (κ1) is 18.9. The molecule has 2 aromatic heterocycles. The molecule has 0 saturated heterocycles. The Morgan fingerprint density at radius 1 is 1.19 bits per heavy atom. The quantitative estimate of drug-likeness (QED) is 0.632. The Morgan fingerprint density at radius 2 is 1.96 bits per heavy atom. The molecular weight excluding hydrogens is 385 g/mol. The zero-order valence-electron chi connectivity index (χ0n) is 13.7. The lowest BCUT2D eigenvalue weighted by Gasteiger charge is -2.09. The van der Waals surface area contributed by atoms with Gasteiger partial charge in [-0.05, 0) is 23.8 Å². The molecule has 0 spiro atoms. The Morgan fingerprint density at radius 3 is 2.70 bits per heavy atom. The van der Waals surface area contributed by atoms with E-state index in [1.807, 2.05) is 0 Å². The molecule has 3 aromatic rings. The van der Waals surface area contributed by atoms with Gasteiger partial charge in [-0.15, -0.1) is 0 Å². The highest BCUT2D eigenvalue weighted by atomic mass is 35.5. The molecule has 5 nitrogen and oxygen atoms in total. The van der Waals surface area contributed by atoms with E-state index in [-0.39, 0.29) is 24.3 Å². The maximum absolute atomic E-state index is 12.7. The molecule has 0 bridgehead atoms. The molecular formula is C18H12ClF3N2O3. The molecule has 27 heavy (non-hydrogen) atoms. The molecule has 0 saturated carbocycles. The summed E-state index contributed by atoms with van der Waals surface area (Å²) < 4.78 is 44.4. The third-order valence-electron chi connectivity index (χ3n) is 3.66. The lowest BCUT2D eigenvalue weighted by atomic mass is 10.1. The molecule has 2 heterocycles. The van der Waals surface area contributed by atoms with Crippen molar-refractivity contribution in [2.75, 3.05) is 0 Å². The maximum Gasteiger partial charge on any atom is 0.416 e. The first-order valence-corrected chi connectivity index (χ1v) is 8.10. The lowest BCUT2D eigenvalue weighted by molar-refractivity contribution is -0.144. The van der Waals surface area contributed by atoms with Crippen LogP contribution in [0.2, 0.25) is 5.02 Å². The Bertz CT molecular complexity index is 1060. The smallest absolute Gasteiger partial charge is 0.416 e. The minimum Gasteiger partial charge on any atom is -0.459 e. The topological polar surface area (TPSA) is 60.7 Å². The van der Waals surface area contributed by atoms with Gasteiger partial charge in [0.1, 0.15) is 12.3 Å². The van der Waals surface area contributed by atoms with Crippen molar-refractivity contribution < 1.29 is 22.7 Å². The van der Waals surface area contributed by atoms with Gasteiger partial charge in [0.15, 0.2) is 0 Å². The summed E-state index contributed by atoms with van der Waals surface area (Å²) in [6, 6.07) is 8.74. The third-order valence-corrected chi connectivity index (χ3v) is 3.88. The molecule has 0 radical (unpaired) electrons. The number of halogens is 4. The summed E-state index contributed by atoms with van der Waals surface area (Å²) in [5.41, 5.74) is -0.506.